The summed E-state index contributed by atoms with van der Waals surface area (Å²) in [5, 5.41) is 22.6. The molecule has 3 aromatic carbocycles. The first-order valence-corrected chi connectivity index (χ1v) is 21.4. The number of rotatable bonds is 12. The molecule has 0 radical (unpaired) electrons. The molecule has 1 saturated heterocycles. The standard InChI is InChI=1S/C44H57N7O6.C2HF3O2/c1-30(57-29-32-18-8-5-9-19-32)40-44(56)46-25-15-3-2-10-23-39(52)48-37(26-31-16-6-4-7-17-31)42(54)50-38(27-33-28-47-35-21-12-11-20-34(33)35)43(55)49-36(41(53)51-40)22-13-14-24-45;3-2(4,5)1(6)7/h4-9,11-12,16-21,28,30,36-38,40,47H,2-3,10,13-15,22-27,29,45H2,1H3,(H,46,56)(H,48,52)(H,49,55)(H,50,54)(H,51,53);(H,6,7)/t30-,36+,37+,38-,40+;/m1./s1. The molecule has 5 atom stereocenters. The van der Waals surface area contributed by atoms with E-state index in [0.717, 1.165) is 40.4 Å². The summed E-state index contributed by atoms with van der Waals surface area (Å²) >= 11 is 0. The number of nitrogens with one attached hydrogen (secondary N) is 6. The van der Waals surface area contributed by atoms with Gasteiger partial charge in [-0.2, -0.15) is 13.2 Å². The molecule has 2 heterocycles. The number of carbonyl (C=O) groups is 6. The molecule has 15 nitrogen and oxygen atoms in total. The summed E-state index contributed by atoms with van der Waals surface area (Å²) < 4.78 is 37.9. The number of aromatic nitrogens is 1. The predicted octanol–water partition coefficient (Wildman–Crippen LogP) is 4.34. The average molecular weight is 894 g/mol. The number of benzene rings is 3. The molecular weight excluding hydrogens is 836 g/mol. The summed E-state index contributed by atoms with van der Waals surface area (Å²) in [7, 11) is 0. The third-order valence-corrected chi connectivity index (χ3v) is 10.5. The van der Waals surface area contributed by atoms with Gasteiger partial charge in [0.05, 0.1) is 12.7 Å². The third kappa shape index (κ3) is 16.8. The van der Waals surface area contributed by atoms with Gasteiger partial charge in [0.15, 0.2) is 0 Å². The van der Waals surface area contributed by atoms with Gasteiger partial charge in [-0.1, -0.05) is 91.7 Å². The van der Waals surface area contributed by atoms with Crippen LogP contribution in [0.25, 0.3) is 10.9 Å². The summed E-state index contributed by atoms with van der Waals surface area (Å²) in [6.45, 7) is 2.73. The SMILES string of the molecule is C[C@@H](OCc1ccccc1)[C@@H]1NC(=O)[C@H](CCCCN)NC(=O)[C@@H](Cc2c[nH]c3ccccc23)NC(=O)[C@H](Cc2ccccc2)NC(=O)CCCCCCNC1=O.O=C(O)C(F)(F)F. The first kappa shape index (κ1) is 50.4. The Morgan fingerprint density at radius 2 is 1.31 bits per heavy atom. The summed E-state index contributed by atoms with van der Waals surface area (Å²) in [6.07, 6.45) is 0.680. The molecule has 5 rings (SSSR count). The van der Waals surface area contributed by atoms with E-state index in [1.165, 1.54) is 0 Å². The number of carbonyl (C=O) groups excluding carboxylic acids is 5. The molecule has 0 bridgehead atoms. The van der Waals surface area contributed by atoms with Crippen molar-refractivity contribution in [3.63, 3.8) is 0 Å². The number of H-pyrrole nitrogens is 1. The molecule has 9 N–H and O–H groups in total. The van der Waals surface area contributed by atoms with E-state index in [1.807, 2.05) is 84.9 Å². The molecule has 64 heavy (non-hydrogen) atoms. The Morgan fingerprint density at radius 3 is 1.97 bits per heavy atom. The molecular formula is C46H58F3N7O8. The number of hydrogen-bond donors (Lipinski definition) is 8. The van der Waals surface area contributed by atoms with Crippen LogP contribution in [0.2, 0.25) is 0 Å². The monoisotopic (exact) mass is 893 g/mol. The number of alkyl halides is 3. The quantitative estimate of drug-likeness (QED) is 0.0945. The number of nitrogens with two attached hydrogens (primary N) is 1. The number of para-hydroxylation sites is 1. The molecule has 1 fully saturated rings. The van der Waals surface area contributed by atoms with E-state index < -0.39 is 66.0 Å². The Kier molecular flexibility index (Phi) is 20.3. The highest BCUT2D eigenvalue weighted by molar-refractivity contribution is 5.96. The molecule has 0 unspecified atom stereocenters. The molecule has 1 aliphatic rings. The van der Waals surface area contributed by atoms with Crippen LogP contribution in [-0.4, -0.2) is 95.1 Å². The van der Waals surface area contributed by atoms with Crippen molar-refractivity contribution in [3.8, 4) is 0 Å². The number of aliphatic carboxylic acids is 1. The van der Waals surface area contributed by atoms with Crippen molar-refractivity contribution in [2.75, 3.05) is 13.1 Å². The van der Waals surface area contributed by atoms with Gasteiger partial charge in [-0.25, -0.2) is 4.79 Å². The first-order chi connectivity index (χ1) is 30.7. The first-order valence-electron chi connectivity index (χ1n) is 21.4. The van der Waals surface area contributed by atoms with Crippen LogP contribution >= 0.6 is 0 Å². The van der Waals surface area contributed by atoms with Crippen molar-refractivity contribution in [1.82, 2.24) is 31.6 Å². The number of unbranched alkanes of at least 4 members (excludes halogenated alkanes) is 1. The van der Waals surface area contributed by atoms with E-state index in [0.29, 0.717) is 38.8 Å². The molecule has 18 heteroatoms. The predicted molar refractivity (Wildman–Crippen MR) is 233 cm³/mol. The van der Waals surface area contributed by atoms with Gasteiger partial charge in [0.25, 0.3) is 0 Å². The maximum atomic E-state index is 14.4. The fraction of sp³-hybridized carbons (Fsp3) is 0.435. The minimum atomic E-state index is -5.08. The van der Waals surface area contributed by atoms with Crippen molar-refractivity contribution in [2.45, 2.75) is 114 Å². The van der Waals surface area contributed by atoms with Crippen molar-refractivity contribution in [2.24, 2.45) is 5.73 Å². The summed E-state index contributed by atoms with van der Waals surface area (Å²) in [5.41, 5.74) is 9.23. The van der Waals surface area contributed by atoms with Crippen LogP contribution in [-0.2, 0) is 53.0 Å². The van der Waals surface area contributed by atoms with E-state index in [4.69, 9.17) is 20.4 Å². The van der Waals surface area contributed by atoms with Gasteiger partial charge >= 0.3 is 12.1 Å². The second-order valence-corrected chi connectivity index (χ2v) is 15.5. The Hall–Kier alpha value is -6.27. The zero-order valence-electron chi connectivity index (χ0n) is 35.8. The van der Waals surface area contributed by atoms with Gasteiger partial charge in [-0.3, -0.25) is 24.0 Å². The maximum absolute atomic E-state index is 14.4. The topological polar surface area (TPSA) is 234 Å². The minimum absolute atomic E-state index is 0.0973. The van der Waals surface area contributed by atoms with Crippen LogP contribution in [0.4, 0.5) is 13.2 Å². The zero-order valence-corrected chi connectivity index (χ0v) is 35.8. The number of carboxylic acid groups (broad SMARTS) is 1. The number of amides is 5. The number of fused-ring (bicyclic) bond motifs is 1. The number of halogens is 3. The van der Waals surface area contributed by atoms with Crippen LogP contribution in [0.5, 0.6) is 0 Å². The van der Waals surface area contributed by atoms with Gasteiger partial charge in [-0.05, 0) is 68.3 Å². The molecule has 1 aromatic heterocycles. The number of ether oxygens (including phenoxy) is 1. The van der Waals surface area contributed by atoms with Gasteiger partial charge < -0.3 is 47.1 Å². The molecule has 0 saturated carbocycles. The highest BCUT2D eigenvalue weighted by Gasteiger charge is 2.38. The van der Waals surface area contributed by atoms with Crippen molar-refractivity contribution >= 4 is 46.4 Å². The second kappa shape index (κ2) is 25.7. The Balaban J connectivity index is 0.00000118. The van der Waals surface area contributed by atoms with E-state index in [-0.39, 0.29) is 38.2 Å². The van der Waals surface area contributed by atoms with Crippen molar-refractivity contribution in [1.29, 1.82) is 0 Å². The molecule has 346 valence electrons. The molecule has 0 spiro atoms. The van der Waals surface area contributed by atoms with Gasteiger partial charge in [0, 0.05) is 42.9 Å². The summed E-state index contributed by atoms with van der Waals surface area (Å²) in [4.78, 5) is 81.9. The maximum Gasteiger partial charge on any atom is 0.490 e. The van der Waals surface area contributed by atoms with E-state index >= 15 is 0 Å². The fourth-order valence-electron chi connectivity index (χ4n) is 7.00. The smallest absolute Gasteiger partial charge is 0.475 e. The number of carboxylic acids is 1. The summed E-state index contributed by atoms with van der Waals surface area (Å²) in [5.74, 6) is -5.10. The fourth-order valence-corrected chi connectivity index (χ4v) is 7.00. The summed E-state index contributed by atoms with van der Waals surface area (Å²) in [6, 6.07) is 22.4. The van der Waals surface area contributed by atoms with Gasteiger partial charge in [0.1, 0.15) is 24.2 Å². The zero-order chi connectivity index (χ0) is 46.5. The van der Waals surface area contributed by atoms with Gasteiger partial charge in [0.2, 0.25) is 29.5 Å². The van der Waals surface area contributed by atoms with Crippen LogP contribution in [0.1, 0.15) is 75.0 Å². The van der Waals surface area contributed by atoms with Crippen molar-refractivity contribution < 1.29 is 51.8 Å². The van der Waals surface area contributed by atoms with E-state index in [1.54, 1.807) is 13.1 Å². The molecule has 0 aliphatic carbocycles. The van der Waals surface area contributed by atoms with Crippen molar-refractivity contribution in [3.05, 3.63) is 108 Å². The lowest BCUT2D eigenvalue weighted by atomic mass is 10.0. The lowest BCUT2D eigenvalue weighted by Crippen LogP contribution is -2.60. The normalized spacial score (nSPS) is 20.3. The molecule has 1 aliphatic heterocycles. The second-order valence-electron chi connectivity index (χ2n) is 15.5. The Bertz CT molecular complexity index is 2120. The lowest BCUT2D eigenvalue weighted by molar-refractivity contribution is -0.192. The van der Waals surface area contributed by atoms with E-state index in [2.05, 4.69) is 31.6 Å². The highest BCUT2D eigenvalue weighted by atomic mass is 19.4. The Morgan fingerprint density at radius 1 is 0.734 bits per heavy atom. The lowest BCUT2D eigenvalue weighted by Gasteiger charge is -2.29. The van der Waals surface area contributed by atoms with Crippen LogP contribution in [0.3, 0.4) is 0 Å². The number of hydrogen-bond acceptors (Lipinski definition) is 8. The number of aromatic amines is 1. The highest BCUT2D eigenvalue weighted by Crippen LogP contribution is 2.20. The van der Waals surface area contributed by atoms with Crippen LogP contribution in [0.15, 0.2) is 91.1 Å². The Labute approximate surface area is 369 Å². The van der Waals surface area contributed by atoms with Gasteiger partial charge in [-0.15, -0.1) is 0 Å². The molecule has 4 aromatic rings. The van der Waals surface area contributed by atoms with Crippen LogP contribution < -0.4 is 32.3 Å². The largest absolute Gasteiger partial charge is 0.490 e. The van der Waals surface area contributed by atoms with E-state index in [9.17, 15) is 37.1 Å². The molecule has 5 amide bonds. The van der Waals surface area contributed by atoms with Crippen LogP contribution in [0, 0.1) is 0 Å². The minimum Gasteiger partial charge on any atom is -0.475 e. The third-order valence-electron chi connectivity index (χ3n) is 10.5. The average Bonchev–Trinajstić information content (AvgIpc) is 3.68.